The fraction of sp³-hybridized carbons (Fsp3) is 0.118. The molecule has 9 heteroatoms. The molecule has 2 amide bonds. The molecule has 0 aromatic heterocycles. The zero-order valence-corrected chi connectivity index (χ0v) is 14.3. The second kappa shape index (κ2) is 9.28. The Labute approximate surface area is 154 Å². The van der Waals surface area contributed by atoms with Crippen LogP contribution in [-0.4, -0.2) is 23.0 Å². The molecule has 26 heavy (non-hydrogen) atoms. The monoisotopic (exact) mass is 374 g/mol. The molecule has 0 aliphatic carbocycles. The summed E-state index contributed by atoms with van der Waals surface area (Å²) < 4.78 is 0. The molecule has 0 heterocycles. The van der Waals surface area contributed by atoms with Crippen LogP contribution in [-0.2, 0) is 9.59 Å². The van der Waals surface area contributed by atoms with E-state index in [2.05, 4.69) is 15.8 Å². The normalized spacial score (nSPS) is 10.5. The zero-order chi connectivity index (χ0) is 18.9. The number of nitro groups is 1. The minimum Gasteiger partial charge on any atom is -0.325 e. The average Bonchev–Trinajstić information content (AvgIpc) is 2.62. The fourth-order valence-electron chi connectivity index (χ4n) is 1.96. The molecular formula is C17H15ClN4O4. The van der Waals surface area contributed by atoms with Crippen LogP contribution in [0.4, 0.5) is 11.4 Å². The smallest absolute Gasteiger partial charge is 0.270 e. The molecule has 8 nitrogen and oxygen atoms in total. The molecule has 0 saturated heterocycles. The number of hydrogen-bond acceptors (Lipinski definition) is 5. The summed E-state index contributed by atoms with van der Waals surface area (Å²) in [6.07, 6.45) is 1.18. The molecule has 2 aromatic rings. The summed E-state index contributed by atoms with van der Waals surface area (Å²) in [7, 11) is 0. The molecule has 0 unspecified atom stereocenters. The molecule has 0 atom stereocenters. The molecule has 0 aliphatic rings. The number of amides is 2. The van der Waals surface area contributed by atoms with E-state index in [1.807, 2.05) is 0 Å². The van der Waals surface area contributed by atoms with Crippen LogP contribution in [0.1, 0.15) is 18.4 Å². The number of halogens is 1. The summed E-state index contributed by atoms with van der Waals surface area (Å²) in [4.78, 5) is 33.7. The van der Waals surface area contributed by atoms with Crippen LogP contribution in [0.3, 0.4) is 0 Å². The third-order valence-electron chi connectivity index (χ3n) is 3.21. The number of rotatable bonds is 7. The van der Waals surface area contributed by atoms with Gasteiger partial charge in [-0.3, -0.25) is 19.7 Å². The van der Waals surface area contributed by atoms with Gasteiger partial charge in [-0.1, -0.05) is 35.9 Å². The quantitative estimate of drug-likeness (QED) is 0.440. The first-order chi connectivity index (χ1) is 12.5. The number of nitrogens with zero attached hydrogens (tertiary/aromatic N) is 2. The van der Waals surface area contributed by atoms with E-state index < -0.39 is 10.8 Å². The Balaban J connectivity index is 1.78. The lowest BCUT2D eigenvalue weighted by molar-refractivity contribution is -0.384. The van der Waals surface area contributed by atoms with Crippen LogP contribution in [0, 0.1) is 10.1 Å². The largest absolute Gasteiger partial charge is 0.325 e. The van der Waals surface area contributed by atoms with Crippen LogP contribution in [0.25, 0.3) is 0 Å². The Hall–Kier alpha value is -3.26. The molecule has 0 fully saturated rings. The third-order valence-corrected chi connectivity index (χ3v) is 3.54. The van der Waals surface area contributed by atoms with Crippen molar-refractivity contribution in [3.05, 3.63) is 69.2 Å². The number of carbonyl (C=O) groups is 2. The Kier molecular flexibility index (Phi) is 6.81. The number of anilines is 1. The van der Waals surface area contributed by atoms with E-state index in [1.165, 1.54) is 24.4 Å². The topological polar surface area (TPSA) is 114 Å². The van der Waals surface area contributed by atoms with E-state index in [-0.39, 0.29) is 24.4 Å². The zero-order valence-electron chi connectivity index (χ0n) is 13.5. The summed E-state index contributed by atoms with van der Waals surface area (Å²) in [6.45, 7) is 0. The Morgan fingerprint density at radius 3 is 2.58 bits per heavy atom. The molecule has 0 bridgehead atoms. The second-order valence-corrected chi connectivity index (χ2v) is 5.58. The van der Waals surface area contributed by atoms with E-state index in [0.29, 0.717) is 16.3 Å². The van der Waals surface area contributed by atoms with E-state index >= 15 is 0 Å². The molecule has 2 N–H and O–H groups in total. The standard InChI is InChI=1S/C17H15ClN4O4/c18-14-6-1-2-7-15(14)20-16(23)8-9-17(24)21-19-11-12-4-3-5-13(10-12)22(25)26/h1-7,10-11H,8-9H2,(H,20,23)(H,21,24). The highest BCUT2D eigenvalue weighted by molar-refractivity contribution is 6.33. The van der Waals surface area contributed by atoms with Gasteiger partial charge < -0.3 is 5.32 Å². The highest BCUT2D eigenvalue weighted by Crippen LogP contribution is 2.20. The van der Waals surface area contributed by atoms with Crippen molar-refractivity contribution in [1.82, 2.24) is 5.43 Å². The summed E-state index contributed by atoms with van der Waals surface area (Å²) in [5.74, 6) is -0.808. The van der Waals surface area contributed by atoms with Crippen molar-refractivity contribution in [1.29, 1.82) is 0 Å². The van der Waals surface area contributed by atoms with Gasteiger partial charge in [-0.2, -0.15) is 5.10 Å². The van der Waals surface area contributed by atoms with Gasteiger partial charge in [-0.15, -0.1) is 0 Å². The first-order valence-corrected chi connectivity index (χ1v) is 7.94. The summed E-state index contributed by atoms with van der Waals surface area (Å²) >= 11 is 5.93. The van der Waals surface area contributed by atoms with Gasteiger partial charge in [-0.05, 0) is 12.1 Å². The van der Waals surface area contributed by atoms with Gasteiger partial charge in [-0.25, -0.2) is 5.43 Å². The summed E-state index contributed by atoms with van der Waals surface area (Å²) in [6, 6.07) is 12.6. The number of benzene rings is 2. The number of non-ortho nitro benzene ring substituents is 1. The van der Waals surface area contributed by atoms with Crippen molar-refractivity contribution < 1.29 is 14.5 Å². The predicted molar refractivity (Wildman–Crippen MR) is 98.1 cm³/mol. The molecular weight excluding hydrogens is 360 g/mol. The van der Waals surface area contributed by atoms with E-state index in [4.69, 9.17) is 11.6 Å². The molecule has 2 aromatic carbocycles. The number of hydrazone groups is 1. The van der Waals surface area contributed by atoms with Gasteiger partial charge in [0.05, 0.1) is 21.8 Å². The first-order valence-electron chi connectivity index (χ1n) is 7.56. The van der Waals surface area contributed by atoms with Crippen molar-refractivity contribution in [3.63, 3.8) is 0 Å². The number of carbonyl (C=O) groups excluding carboxylic acids is 2. The van der Waals surface area contributed by atoms with Gasteiger partial charge in [0, 0.05) is 30.5 Å². The van der Waals surface area contributed by atoms with Gasteiger partial charge in [0.25, 0.3) is 5.69 Å². The molecule has 0 radical (unpaired) electrons. The number of hydrogen-bond donors (Lipinski definition) is 2. The Bertz CT molecular complexity index is 854. The van der Waals surface area contributed by atoms with Gasteiger partial charge in [0.15, 0.2) is 0 Å². The van der Waals surface area contributed by atoms with Gasteiger partial charge >= 0.3 is 0 Å². The lowest BCUT2D eigenvalue weighted by Gasteiger charge is -2.06. The maximum Gasteiger partial charge on any atom is 0.270 e. The number of para-hydroxylation sites is 1. The van der Waals surface area contributed by atoms with Crippen molar-refractivity contribution in [2.75, 3.05) is 5.32 Å². The summed E-state index contributed by atoms with van der Waals surface area (Å²) in [5, 5.41) is 17.4. The van der Waals surface area contributed by atoms with Crippen LogP contribution in [0.2, 0.25) is 5.02 Å². The Morgan fingerprint density at radius 2 is 1.85 bits per heavy atom. The molecule has 0 aliphatic heterocycles. The highest BCUT2D eigenvalue weighted by Gasteiger charge is 2.08. The fourth-order valence-corrected chi connectivity index (χ4v) is 2.14. The van der Waals surface area contributed by atoms with Crippen LogP contribution < -0.4 is 10.7 Å². The van der Waals surface area contributed by atoms with Crippen LogP contribution >= 0.6 is 11.6 Å². The first kappa shape index (κ1) is 19.1. The molecule has 0 saturated carbocycles. The van der Waals surface area contributed by atoms with Crippen LogP contribution in [0.15, 0.2) is 53.6 Å². The van der Waals surface area contributed by atoms with Gasteiger partial charge in [0.1, 0.15) is 0 Å². The SMILES string of the molecule is O=C(CCC(=O)Nc1ccccc1Cl)NN=Cc1cccc([N+](=O)[O-])c1. The Morgan fingerprint density at radius 1 is 1.12 bits per heavy atom. The highest BCUT2D eigenvalue weighted by atomic mass is 35.5. The number of nitro benzene ring substituents is 1. The lowest BCUT2D eigenvalue weighted by Crippen LogP contribution is -2.20. The number of nitrogens with one attached hydrogen (secondary N) is 2. The molecule has 0 spiro atoms. The van der Waals surface area contributed by atoms with Crippen molar-refractivity contribution in [3.8, 4) is 0 Å². The van der Waals surface area contributed by atoms with E-state index in [0.717, 1.165) is 0 Å². The van der Waals surface area contributed by atoms with Crippen molar-refractivity contribution in [2.24, 2.45) is 5.10 Å². The minimum absolute atomic E-state index is 0.0383. The van der Waals surface area contributed by atoms with Gasteiger partial charge in [0.2, 0.25) is 11.8 Å². The third kappa shape index (κ3) is 5.99. The lowest BCUT2D eigenvalue weighted by atomic mass is 10.2. The second-order valence-electron chi connectivity index (χ2n) is 5.17. The minimum atomic E-state index is -0.520. The van der Waals surface area contributed by atoms with Crippen molar-refractivity contribution >= 4 is 41.0 Å². The van der Waals surface area contributed by atoms with E-state index in [1.54, 1.807) is 30.3 Å². The van der Waals surface area contributed by atoms with Crippen molar-refractivity contribution in [2.45, 2.75) is 12.8 Å². The van der Waals surface area contributed by atoms with Crippen LogP contribution in [0.5, 0.6) is 0 Å². The maximum absolute atomic E-state index is 11.8. The summed E-state index contributed by atoms with van der Waals surface area (Å²) in [5.41, 5.74) is 3.14. The average molecular weight is 375 g/mol. The predicted octanol–water partition coefficient (Wildman–Crippen LogP) is 3.12. The van der Waals surface area contributed by atoms with E-state index in [9.17, 15) is 19.7 Å². The molecule has 134 valence electrons. The maximum atomic E-state index is 11.8. The molecule has 2 rings (SSSR count).